The summed E-state index contributed by atoms with van der Waals surface area (Å²) < 4.78 is 5.41. The van der Waals surface area contributed by atoms with Crippen LogP contribution in [0.3, 0.4) is 0 Å². The van der Waals surface area contributed by atoms with Crippen LogP contribution in [0.4, 0.5) is 5.69 Å². The van der Waals surface area contributed by atoms with Crippen molar-refractivity contribution in [1.29, 1.82) is 0 Å². The van der Waals surface area contributed by atoms with Crippen molar-refractivity contribution >= 4 is 17.3 Å². The molecule has 0 unspecified atom stereocenters. The van der Waals surface area contributed by atoms with Crippen LogP contribution in [0.15, 0.2) is 47.6 Å². The highest BCUT2D eigenvalue weighted by Gasteiger charge is 2.43. The lowest BCUT2D eigenvalue weighted by molar-refractivity contribution is -0.131. The lowest BCUT2D eigenvalue weighted by Gasteiger charge is -2.29. The van der Waals surface area contributed by atoms with Crippen LogP contribution >= 0.6 is 0 Å². The van der Waals surface area contributed by atoms with Crippen LogP contribution in [-0.4, -0.2) is 37.8 Å². The molecule has 5 nitrogen and oxygen atoms in total. The molecule has 2 aliphatic rings. The predicted molar refractivity (Wildman–Crippen MR) is 107 cm³/mol. The molecule has 0 spiro atoms. The molecule has 0 bridgehead atoms. The Labute approximate surface area is 160 Å². The molecular weight excluding hydrogens is 338 g/mol. The maximum atomic E-state index is 12.4. The zero-order valence-corrected chi connectivity index (χ0v) is 16.3. The summed E-state index contributed by atoms with van der Waals surface area (Å²) >= 11 is 0. The van der Waals surface area contributed by atoms with Crippen LogP contribution in [0.5, 0.6) is 5.75 Å². The standard InChI is InChI=1S/C22H25N3O2/c1-14(26)25-22(16-5-9-17(10-6-16)24(2)3)19-12-8-15-7-11-18(27-4)13-20(15)21(19)23-25/h5-7,9-11,13,19,22H,8,12H2,1-4H3/t19-,22-/m0/s1. The average Bonchev–Trinajstić information content (AvgIpc) is 3.08. The van der Waals surface area contributed by atoms with Crippen molar-refractivity contribution in [3.63, 3.8) is 0 Å². The minimum Gasteiger partial charge on any atom is -0.497 e. The number of rotatable bonds is 3. The van der Waals surface area contributed by atoms with Crippen molar-refractivity contribution in [3.8, 4) is 5.75 Å². The minimum absolute atomic E-state index is 0.0250. The lowest BCUT2D eigenvalue weighted by atomic mass is 9.77. The van der Waals surface area contributed by atoms with Crippen LogP contribution in [0.2, 0.25) is 0 Å². The van der Waals surface area contributed by atoms with Gasteiger partial charge in [-0.05, 0) is 48.2 Å². The number of benzene rings is 2. The minimum atomic E-state index is -0.0481. The molecule has 0 saturated heterocycles. The van der Waals surface area contributed by atoms with E-state index in [9.17, 15) is 4.79 Å². The molecule has 0 N–H and O–H groups in total. The van der Waals surface area contributed by atoms with Gasteiger partial charge in [0.05, 0.1) is 18.9 Å². The van der Waals surface area contributed by atoms with E-state index in [2.05, 4.69) is 41.3 Å². The van der Waals surface area contributed by atoms with E-state index in [-0.39, 0.29) is 17.9 Å². The van der Waals surface area contributed by atoms with Gasteiger partial charge in [-0.3, -0.25) is 4.79 Å². The largest absolute Gasteiger partial charge is 0.497 e. The zero-order valence-electron chi connectivity index (χ0n) is 16.3. The number of aryl methyl sites for hydroxylation is 1. The van der Waals surface area contributed by atoms with Crippen molar-refractivity contribution in [3.05, 3.63) is 59.2 Å². The number of ether oxygens (including phenoxy) is 1. The number of hydrogen-bond donors (Lipinski definition) is 0. The Kier molecular flexibility index (Phi) is 4.38. The molecule has 5 heteroatoms. The molecule has 4 rings (SSSR count). The summed E-state index contributed by atoms with van der Waals surface area (Å²) in [6.45, 7) is 1.59. The summed E-state index contributed by atoms with van der Waals surface area (Å²) in [6, 6.07) is 14.6. The molecule has 0 aromatic heterocycles. The molecule has 2 aromatic rings. The van der Waals surface area contributed by atoms with Crippen molar-refractivity contribution in [1.82, 2.24) is 5.01 Å². The van der Waals surface area contributed by atoms with Crippen molar-refractivity contribution in [2.75, 3.05) is 26.1 Å². The van der Waals surface area contributed by atoms with Gasteiger partial charge in [0.25, 0.3) is 0 Å². The lowest BCUT2D eigenvalue weighted by Crippen LogP contribution is -2.31. The van der Waals surface area contributed by atoms with E-state index < -0.39 is 0 Å². The fourth-order valence-corrected chi connectivity index (χ4v) is 4.18. The third-order valence-electron chi connectivity index (χ3n) is 5.60. The molecule has 1 heterocycles. The molecule has 0 radical (unpaired) electrons. The summed E-state index contributed by atoms with van der Waals surface area (Å²) in [5.74, 6) is 1.01. The number of hydrogen-bond acceptors (Lipinski definition) is 4. The van der Waals surface area contributed by atoms with E-state index in [0.29, 0.717) is 0 Å². The van der Waals surface area contributed by atoms with Crippen molar-refractivity contribution in [2.24, 2.45) is 11.0 Å². The Balaban J connectivity index is 1.75. The number of nitrogens with zero attached hydrogens (tertiary/aromatic N) is 3. The first-order valence-corrected chi connectivity index (χ1v) is 9.32. The van der Waals surface area contributed by atoms with Gasteiger partial charge < -0.3 is 9.64 Å². The van der Waals surface area contributed by atoms with Gasteiger partial charge in [0, 0.05) is 38.2 Å². The second-order valence-electron chi connectivity index (χ2n) is 7.45. The number of amides is 1. The van der Waals surface area contributed by atoms with E-state index in [1.807, 2.05) is 20.2 Å². The molecule has 1 aliphatic heterocycles. The monoisotopic (exact) mass is 363 g/mol. The number of fused-ring (bicyclic) bond motifs is 3. The molecule has 2 atom stereocenters. The van der Waals surface area contributed by atoms with Crippen LogP contribution in [0, 0.1) is 5.92 Å². The highest BCUT2D eigenvalue weighted by atomic mass is 16.5. The predicted octanol–water partition coefficient (Wildman–Crippen LogP) is 3.63. The smallest absolute Gasteiger partial charge is 0.240 e. The molecular formula is C22H25N3O2. The third kappa shape index (κ3) is 2.97. The van der Waals surface area contributed by atoms with E-state index >= 15 is 0 Å². The van der Waals surface area contributed by atoms with Gasteiger partial charge in [0.15, 0.2) is 0 Å². The number of carbonyl (C=O) groups excluding carboxylic acids is 1. The second-order valence-corrected chi connectivity index (χ2v) is 7.45. The van der Waals surface area contributed by atoms with Gasteiger partial charge in [-0.25, -0.2) is 5.01 Å². The number of hydrazone groups is 1. The Morgan fingerprint density at radius 1 is 1.19 bits per heavy atom. The Morgan fingerprint density at radius 2 is 1.93 bits per heavy atom. The van der Waals surface area contributed by atoms with Gasteiger partial charge in [0.1, 0.15) is 5.75 Å². The fourth-order valence-electron chi connectivity index (χ4n) is 4.18. The average molecular weight is 363 g/mol. The summed E-state index contributed by atoms with van der Waals surface area (Å²) in [7, 11) is 5.73. The van der Waals surface area contributed by atoms with Crippen LogP contribution in [-0.2, 0) is 11.2 Å². The first-order valence-electron chi connectivity index (χ1n) is 9.32. The zero-order chi connectivity index (χ0) is 19.1. The fraction of sp³-hybridized carbons (Fsp3) is 0.364. The van der Waals surface area contributed by atoms with Crippen LogP contribution < -0.4 is 9.64 Å². The molecule has 0 saturated carbocycles. The number of methoxy groups -OCH3 is 1. The molecule has 1 amide bonds. The van der Waals surface area contributed by atoms with Gasteiger partial charge in [-0.15, -0.1) is 0 Å². The Morgan fingerprint density at radius 3 is 2.56 bits per heavy atom. The maximum Gasteiger partial charge on any atom is 0.240 e. The van der Waals surface area contributed by atoms with Gasteiger partial charge >= 0.3 is 0 Å². The topological polar surface area (TPSA) is 45.1 Å². The van der Waals surface area contributed by atoms with Gasteiger partial charge in [0.2, 0.25) is 5.91 Å². The van der Waals surface area contributed by atoms with E-state index in [0.717, 1.165) is 41.1 Å². The first kappa shape index (κ1) is 17.6. The normalized spacial score (nSPS) is 20.6. The van der Waals surface area contributed by atoms with Crippen molar-refractivity contribution in [2.45, 2.75) is 25.8 Å². The van der Waals surface area contributed by atoms with E-state index in [1.165, 1.54) is 5.56 Å². The Bertz CT molecular complexity index is 902. The highest BCUT2D eigenvalue weighted by Crippen LogP contribution is 2.44. The van der Waals surface area contributed by atoms with E-state index in [4.69, 9.17) is 9.84 Å². The molecule has 0 fully saturated rings. The van der Waals surface area contributed by atoms with Crippen LogP contribution in [0.1, 0.15) is 36.1 Å². The third-order valence-corrected chi connectivity index (χ3v) is 5.60. The van der Waals surface area contributed by atoms with Gasteiger partial charge in [-0.2, -0.15) is 5.10 Å². The van der Waals surface area contributed by atoms with Crippen molar-refractivity contribution < 1.29 is 9.53 Å². The second kappa shape index (κ2) is 6.72. The first-order chi connectivity index (χ1) is 13.0. The van der Waals surface area contributed by atoms with Crippen LogP contribution in [0.25, 0.3) is 0 Å². The molecule has 140 valence electrons. The summed E-state index contributed by atoms with van der Waals surface area (Å²) in [4.78, 5) is 14.4. The molecule has 27 heavy (non-hydrogen) atoms. The number of carbonyl (C=O) groups is 1. The molecule has 1 aliphatic carbocycles. The van der Waals surface area contributed by atoms with Gasteiger partial charge in [-0.1, -0.05) is 18.2 Å². The highest BCUT2D eigenvalue weighted by molar-refractivity contribution is 6.07. The summed E-state index contributed by atoms with van der Waals surface area (Å²) in [5.41, 5.74) is 5.67. The maximum absolute atomic E-state index is 12.4. The molecule has 2 aromatic carbocycles. The quantitative estimate of drug-likeness (QED) is 0.836. The Hall–Kier alpha value is -2.82. The SMILES string of the molecule is COc1ccc2c(c1)C1=NN(C(C)=O)[C@@H](c3ccc(N(C)C)cc3)[C@H]1CC2. The number of anilines is 1. The summed E-state index contributed by atoms with van der Waals surface area (Å²) in [5, 5.41) is 6.44. The summed E-state index contributed by atoms with van der Waals surface area (Å²) in [6.07, 6.45) is 1.98. The van der Waals surface area contributed by atoms with E-state index in [1.54, 1.807) is 19.0 Å².